The van der Waals surface area contributed by atoms with E-state index in [1.807, 2.05) is 48.5 Å². The van der Waals surface area contributed by atoms with Crippen LogP contribution in [0.5, 0.6) is 11.5 Å². The Bertz CT molecular complexity index is 1030. The Balaban J connectivity index is 1.40. The summed E-state index contributed by atoms with van der Waals surface area (Å²) in [7, 11) is 0. The second kappa shape index (κ2) is 9.00. The zero-order valence-corrected chi connectivity index (χ0v) is 16.2. The number of amides is 3. The molecule has 1 heterocycles. The minimum absolute atomic E-state index is 0.0575. The van der Waals surface area contributed by atoms with Crippen LogP contribution in [-0.4, -0.2) is 31.7 Å². The fourth-order valence-electron chi connectivity index (χ4n) is 3.11. The first kappa shape index (κ1) is 19.3. The number of nitrogens with one attached hydrogen (secondary N) is 2. The number of ether oxygens (including phenoxy) is 2. The van der Waals surface area contributed by atoms with Gasteiger partial charge in [0, 0.05) is 17.4 Å². The maximum atomic E-state index is 12.3. The number of benzene rings is 3. The van der Waals surface area contributed by atoms with Gasteiger partial charge < -0.3 is 25.0 Å². The molecule has 7 nitrogen and oxygen atoms in total. The molecule has 0 aromatic heterocycles. The summed E-state index contributed by atoms with van der Waals surface area (Å²) >= 11 is 0. The molecule has 0 aliphatic carbocycles. The fourth-order valence-corrected chi connectivity index (χ4v) is 3.11. The summed E-state index contributed by atoms with van der Waals surface area (Å²) in [6.07, 6.45) is 0. The Morgan fingerprint density at radius 2 is 1.63 bits per heavy atom. The molecule has 3 amide bonds. The number of para-hydroxylation sites is 2. The lowest BCUT2D eigenvalue weighted by Gasteiger charge is -2.29. The van der Waals surface area contributed by atoms with Gasteiger partial charge in [0.05, 0.1) is 12.2 Å². The number of nitrogens with zero attached hydrogens (tertiary/aromatic N) is 1. The van der Waals surface area contributed by atoms with Crippen molar-refractivity contribution in [2.24, 2.45) is 0 Å². The summed E-state index contributed by atoms with van der Waals surface area (Å²) in [4.78, 5) is 26.2. The van der Waals surface area contributed by atoms with Gasteiger partial charge in [-0.2, -0.15) is 0 Å². The molecule has 30 heavy (non-hydrogen) atoms. The van der Waals surface area contributed by atoms with E-state index in [-0.39, 0.29) is 18.5 Å². The van der Waals surface area contributed by atoms with E-state index in [1.165, 1.54) is 0 Å². The third-order valence-corrected chi connectivity index (χ3v) is 4.52. The third-order valence-electron chi connectivity index (χ3n) is 4.52. The van der Waals surface area contributed by atoms with Crippen LogP contribution in [-0.2, 0) is 4.79 Å². The minimum atomic E-state index is -0.360. The van der Waals surface area contributed by atoms with E-state index in [0.29, 0.717) is 36.0 Å². The molecule has 4 rings (SSSR count). The highest BCUT2D eigenvalue weighted by Crippen LogP contribution is 2.34. The van der Waals surface area contributed by atoms with E-state index in [0.717, 1.165) is 5.75 Å². The van der Waals surface area contributed by atoms with Gasteiger partial charge in [0.1, 0.15) is 18.1 Å². The van der Waals surface area contributed by atoms with Crippen LogP contribution >= 0.6 is 0 Å². The lowest BCUT2D eigenvalue weighted by atomic mass is 10.2. The largest absolute Gasteiger partial charge is 0.492 e. The van der Waals surface area contributed by atoms with Gasteiger partial charge in [-0.1, -0.05) is 36.4 Å². The van der Waals surface area contributed by atoms with Crippen molar-refractivity contribution in [3.8, 4) is 11.5 Å². The number of urea groups is 1. The molecule has 7 heteroatoms. The lowest BCUT2D eigenvalue weighted by Crippen LogP contribution is -2.41. The molecular weight excluding hydrogens is 382 g/mol. The molecule has 1 aliphatic rings. The van der Waals surface area contributed by atoms with Crippen LogP contribution in [0.2, 0.25) is 0 Å². The SMILES string of the molecule is O=C(Nc1ccccc1)Nc1ccc2c(c1)OCC(=O)N2CCOc1ccccc1. The van der Waals surface area contributed by atoms with Gasteiger partial charge in [-0.05, 0) is 36.4 Å². The number of hydrogen-bond donors (Lipinski definition) is 2. The summed E-state index contributed by atoms with van der Waals surface area (Å²) < 4.78 is 11.3. The van der Waals surface area contributed by atoms with Crippen LogP contribution < -0.4 is 25.0 Å². The van der Waals surface area contributed by atoms with Crippen molar-refractivity contribution < 1.29 is 19.1 Å². The Labute approximate surface area is 174 Å². The standard InChI is InChI=1S/C23H21N3O4/c27-22-16-30-21-15-18(25-23(28)24-17-7-3-1-4-8-17)11-12-20(21)26(22)13-14-29-19-9-5-2-6-10-19/h1-12,15H,13-14,16H2,(H2,24,25,28). The van der Waals surface area contributed by atoms with E-state index < -0.39 is 0 Å². The summed E-state index contributed by atoms with van der Waals surface area (Å²) in [6, 6.07) is 23.4. The Hall–Kier alpha value is -4.00. The average molecular weight is 403 g/mol. The second-order valence-corrected chi connectivity index (χ2v) is 6.62. The maximum Gasteiger partial charge on any atom is 0.323 e. The first-order valence-corrected chi connectivity index (χ1v) is 9.57. The predicted molar refractivity (Wildman–Crippen MR) is 115 cm³/mol. The number of hydrogen-bond acceptors (Lipinski definition) is 4. The molecule has 0 saturated carbocycles. The van der Waals surface area contributed by atoms with E-state index >= 15 is 0 Å². The normalized spacial score (nSPS) is 12.5. The van der Waals surface area contributed by atoms with Crippen molar-refractivity contribution in [1.29, 1.82) is 0 Å². The van der Waals surface area contributed by atoms with Gasteiger partial charge in [-0.3, -0.25) is 4.79 Å². The fraction of sp³-hybridized carbons (Fsp3) is 0.130. The third kappa shape index (κ3) is 4.70. The monoisotopic (exact) mass is 403 g/mol. The van der Waals surface area contributed by atoms with Gasteiger partial charge in [0.2, 0.25) is 0 Å². The van der Waals surface area contributed by atoms with Crippen LogP contribution in [0.15, 0.2) is 78.9 Å². The maximum absolute atomic E-state index is 12.3. The van der Waals surface area contributed by atoms with Crippen molar-refractivity contribution >= 4 is 29.0 Å². The molecule has 0 fully saturated rings. The van der Waals surface area contributed by atoms with Crippen molar-refractivity contribution in [3.05, 3.63) is 78.9 Å². The Kier molecular flexibility index (Phi) is 5.80. The minimum Gasteiger partial charge on any atom is -0.492 e. The molecule has 0 radical (unpaired) electrons. The van der Waals surface area contributed by atoms with Crippen LogP contribution in [0.3, 0.4) is 0 Å². The zero-order valence-electron chi connectivity index (χ0n) is 16.2. The van der Waals surface area contributed by atoms with Crippen LogP contribution in [0.1, 0.15) is 0 Å². The van der Waals surface area contributed by atoms with Crippen molar-refractivity contribution in [2.75, 3.05) is 35.3 Å². The molecular formula is C23H21N3O4. The summed E-state index contributed by atoms with van der Waals surface area (Å²) in [5.41, 5.74) is 1.91. The molecule has 0 bridgehead atoms. The highest BCUT2D eigenvalue weighted by Gasteiger charge is 2.25. The zero-order chi connectivity index (χ0) is 20.8. The molecule has 152 valence electrons. The van der Waals surface area contributed by atoms with Crippen LogP contribution in [0.25, 0.3) is 0 Å². The summed E-state index contributed by atoms with van der Waals surface area (Å²) in [5.74, 6) is 1.15. The van der Waals surface area contributed by atoms with Gasteiger partial charge >= 0.3 is 6.03 Å². The van der Waals surface area contributed by atoms with Gasteiger partial charge in [-0.25, -0.2) is 4.79 Å². The van der Waals surface area contributed by atoms with Gasteiger partial charge in [0.15, 0.2) is 6.61 Å². The van der Waals surface area contributed by atoms with E-state index in [9.17, 15) is 9.59 Å². The van der Waals surface area contributed by atoms with E-state index in [2.05, 4.69) is 10.6 Å². The molecule has 0 unspecified atom stereocenters. The lowest BCUT2D eigenvalue weighted by molar-refractivity contribution is -0.121. The predicted octanol–water partition coefficient (Wildman–Crippen LogP) is 4.14. The highest BCUT2D eigenvalue weighted by molar-refractivity contribution is 6.01. The van der Waals surface area contributed by atoms with Crippen molar-refractivity contribution in [2.45, 2.75) is 0 Å². The number of carbonyl (C=O) groups excluding carboxylic acids is 2. The number of fused-ring (bicyclic) bond motifs is 1. The molecule has 3 aromatic carbocycles. The number of carbonyl (C=O) groups is 2. The van der Waals surface area contributed by atoms with Crippen LogP contribution in [0.4, 0.5) is 21.9 Å². The molecule has 0 atom stereocenters. The van der Waals surface area contributed by atoms with E-state index in [4.69, 9.17) is 9.47 Å². The van der Waals surface area contributed by atoms with Crippen molar-refractivity contribution in [3.63, 3.8) is 0 Å². The van der Waals surface area contributed by atoms with Gasteiger partial charge in [-0.15, -0.1) is 0 Å². The molecule has 3 aromatic rings. The van der Waals surface area contributed by atoms with E-state index in [1.54, 1.807) is 35.2 Å². The van der Waals surface area contributed by atoms with Gasteiger partial charge in [0.25, 0.3) is 5.91 Å². The topological polar surface area (TPSA) is 79.9 Å². The first-order chi connectivity index (χ1) is 14.7. The quantitative estimate of drug-likeness (QED) is 0.648. The second-order valence-electron chi connectivity index (χ2n) is 6.62. The highest BCUT2D eigenvalue weighted by atomic mass is 16.5. The molecule has 2 N–H and O–H groups in total. The smallest absolute Gasteiger partial charge is 0.323 e. The molecule has 1 aliphatic heterocycles. The molecule has 0 spiro atoms. The average Bonchev–Trinajstić information content (AvgIpc) is 2.77. The number of rotatable bonds is 6. The van der Waals surface area contributed by atoms with Crippen LogP contribution in [0, 0.1) is 0 Å². The Morgan fingerprint density at radius 1 is 0.933 bits per heavy atom. The number of anilines is 3. The molecule has 0 saturated heterocycles. The summed E-state index contributed by atoms with van der Waals surface area (Å²) in [6.45, 7) is 0.692. The Morgan fingerprint density at radius 3 is 2.40 bits per heavy atom. The first-order valence-electron chi connectivity index (χ1n) is 9.57. The van der Waals surface area contributed by atoms with Crippen molar-refractivity contribution in [1.82, 2.24) is 0 Å². The summed E-state index contributed by atoms with van der Waals surface area (Å²) in [5, 5.41) is 5.53.